The van der Waals surface area contributed by atoms with Gasteiger partial charge in [-0.05, 0) is 12.6 Å². The minimum absolute atomic E-state index is 0.333. The van der Waals surface area contributed by atoms with Crippen LogP contribution in [-0.2, 0) is 6.42 Å². The van der Waals surface area contributed by atoms with Crippen LogP contribution in [0.25, 0.3) is 0 Å². The Kier molecular flexibility index (Phi) is 4.53. The van der Waals surface area contributed by atoms with Gasteiger partial charge in [0.05, 0.1) is 12.1 Å². The van der Waals surface area contributed by atoms with Gasteiger partial charge < -0.3 is 10.1 Å². The van der Waals surface area contributed by atoms with Crippen molar-refractivity contribution in [2.45, 2.75) is 19.4 Å². The normalized spacial score (nSPS) is 12.6. The Labute approximate surface area is 109 Å². The summed E-state index contributed by atoms with van der Waals surface area (Å²) in [5.41, 5.74) is 0. The monoisotopic (exact) mass is 268 g/mol. The zero-order chi connectivity index (χ0) is 12.1. The third-order valence-corrected chi connectivity index (χ3v) is 4.31. The van der Waals surface area contributed by atoms with E-state index in [-0.39, 0.29) is 0 Å². The molecule has 0 radical (unpaired) electrons. The second kappa shape index (κ2) is 6.14. The number of thiazole rings is 1. The minimum Gasteiger partial charge on any atom is -0.496 e. The molecular weight excluding hydrogens is 252 g/mol. The van der Waals surface area contributed by atoms with E-state index >= 15 is 0 Å². The molecule has 2 aromatic rings. The third-order valence-electron chi connectivity index (χ3n) is 2.49. The van der Waals surface area contributed by atoms with Crippen LogP contribution in [0.15, 0.2) is 23.0 Å². The first-order valence-corrected chi connectivity index (χ1v) is 7.33. The first-order chi connectivity index (χ1) is 8.33. The first-order valence-electron chi connectivity index (χ1n) is 5.57. The van der Waals surface area contributed by atoms with Gasteiger partial charge in [-0.1, -0.05) is 6.92 Å². The van der Waals surface area contributed by atoms with Gasteiger partial charge in [0.2, 0.25) is 0 Å². The van der Waals surface area contributed by atoms with Gasteiger partial charge in [-0.3, -0.25) is 0 Å². The zero-order valence-electron chi connectivity index (χ0n) is 9.97. The van der Waals surface area contributed by atoms with Crippen LogP contribution >= 0.6 is 22.7 Å². The van der Waals surface area contributed by atoms with Crippen LogP contribution in [0, 0.1) is 0 Å². The molecule has 2 rings (SSSR count). The fourth-order valence-corrected chi connectivity index (χ4v) is 3.27. The second-order valence-corrected chi connectivity index (χ2v) is 5.55. The van der Waals surface area contributed by atoms with Crippen molar-refractivity contribution in [3.05, 3.63) is 32.9 Å². The highest BCUT2D eigenvalue weighted by Crippen LogP contribution is 2.29. The molecular formula is C12H16N2OS2. The van der Waals surface area contributed by atoms with Crippen molar-refractivity contribution in [3.63, 3.8) is 0 Å². The summed E-state index contributed by atoms with van der Waals surface area (Å²) in [5.74, 6) is 0.937. The van der Waals surface area contributed by atoms with Gasteiger partial charge in [0.1, 0.15) is 5.75 Å². The molecule has 0 aromatic carbocycles. The lowest BCUT2D eigenvalue weighted by Gasteiger charge is -2.14. The molecule has 2 heterocycles. The highest BCUT2D eigenvalue weighted by atomic mass is 32.1. The van der Waals surface area contributed by atoms with Gasteiger partial charge in [-0.15, -0.1) is 22.7 Å². The summed E-state index contributed by atoms with van der Waals surface area (Å²) in [6.07, 6.45) is 2.80. The lowest BCUT2D eigenvalue weighted by Crippen LogP contribution is -2.21. The van der Waals surface area contributed by atoms with Crippen molar-refractivity contribution in [1.29, 1.82) is 0 Å². The van der Waals surface area contributed by atoms with Gasteiger partial charge in [-0.2, -0.15) is 0 Å². The van der Waals surface area contributed by atoms with Gasteiger partial charge in [0.25, 0.3) is 0 Å². The van der Waals surface area contributed by atoms with Crippen molar-refractivity contribution in [3.8, 4) is 5.75 Å². The fraction of sp³-hybridized carbons (Fsp3) is 0.417. The van der Waals surface area contributed by atoms with Gasteiger partial charge >= 0.3 is 0 Å². The average molecular weight is 268 g/mol. The second-order valence-electron chi connectivity index (χ2n) is 3.63. The number of methoxy groups -OCH3 is 1. The van der Waals surface area contributed by atoms with Gasteiger partial charge in [0, 0.05) is 34.3 Å². The number of nitrogens with one attached hydrogen (secondary N) is 1. The number of rotatable bonds is 6. The van der Waals surface area contributed by atoms with Crippen molar-refractivity contribution < 1.29 is 4.74 Å². The van der Waals surface area contributed by atoms with Crippen molar-refractivity contribution in [2.75, 3.05) is 13.7 Å². The third kappa shape index (κ3) is 3.28. The first kappa shape index (κ1) is 12.5. The molecule has 0 aliphatic heterocycles. The van der Waals surface area contributed by atoms with Gasteiger partial charge in [-0.25, -0.2) is 4.98 Å². The Balaban J connectivity index is 2.10. The maximum atomic E-state index is 5.23. The average Bonchev–Trinajstić information content (AvgIpc) is 2.99. The van der Waals surface area contributed by atoms with Crippen LogP contribution in [0.3, 0.4) is 0 Å². The van der Waals surface area contributed by atoms with Crippen molar-refractivity contribution >= 4 is 22.7 Å². The highest BCUT2D eigenvalue weighted by Gasteiger charge is 2.15. The van der Waals surface area contributed by atoms with Crippen molar-refractivity contribution in [1.82, 2.24) is 10.3 Å². The predicted molar refractivity (Wildman–Crippen MR) is 73.1 cm³/mol. The minimum atomic E-state index is 0.333. The molecule has 1 unspecified atom stereocenters. The van der Waals surface area contributed by atoms with E-state index in [9.17, 15) is 0 Å². The standard InChI is InChI=1S/C12H16N2OS2/c1-3-13-10(7-12-14-4-5-16-12)11-6-9(15-2)8-17-11/h4-6,8,10,13H,3,7H2,1-2H3. The summed E-state index contributed by atoms with van der Waals surface area (Å²) >= 11 is 3.44. The number of thiophene rings is 1. The lowest BCUT2D eigenvalue weighted by atomic mass is 10.1. The molecule has 0 saturated carbocycles. The van der Waals surface area contributed by atoms with E-state index in [1.807, 2.05) is 17.0 Å². The molecule has 0 aliphatic carbocycles. The predicted octanol–water partition coefficient (Wildman–Crippen LogP) is 3.11. The van der Waals surface area contributed by atoms with Crippen molar-refractivity contribution in [2.24, 2.45) is 0 Å². The summed E-state index contributed by atoms with van der Waals surface area (Å²) in [4.78, 5) is 5.65. The molecule has 2 aromatic heterocycles. The maximum Gasteiger partial charge on any atom is 0.129 e. The Morgan fingerprint density at radius 1 is 1.47 bits per heavy atom. The molecule has 0 fully saturated rings. The molecule has 92 valence electrons. The van der Waals surface area contributed by atoms with Crippen LogP contribution < -0.4 is 10.1 Å². The van der Waals surface area contributed by atoms with Crippen LogP contribution in [0.1, 0.15) is 22.9 Å². The van der Waals surface area contributed by atoms with Crippen LogP contribution in [-0.4, -0.2) is 18.6 Å². The quantitative estimate of drug-likeness (QED) is 0.874. The molecule has 0 saturated heterocycles. The van der Waals surface area contributed by atoms with E-state index in [0.717, 1.165) is 18.7 Å². The summed E-state index contributed by atoms with van der Waals surface area (Å²) < 4.78 is 5.23. The molecule has 0 bridgehead atoms. The topological polar surface area (TPSA) is 34.2 Å². The lowest BCUT2D eigenvalue weighted by molar-refractivity contribution is 0.415. The van der Waals surface area contributed by atoms with E-state index in [2.05, 4.69) is 23.3 Å². The SMILES string of the molecule is CCNC(Cc1nccs1)c1cc(OC)cs1. The van der Waals surface area contributed by atoms with E-state index < -0.39 is 0 Å². The Bertz CT molecular complexity index is 439. The molecule has 3 nitrogen and oxygen atoms in total. The Morgan fingerprint density at radius 3 is 2.94 bits per heavy atom. The Morgan fingerprint density at radius 2 is 2.35 bits per heavy atom. The maximum absolute atomic E-state index is 5.23. The number of likely N-dealkylation sites (N-methyl/N-ethyl adjacent to an activating group) is 1. The molecule has 1 N–H and O–H groups in total. The Hall–Kier alpha value is -0.910. The zero-order valence-corrected chi connectivity index (χ0v) is 11.6. The van der Waals surface area contributed by atoms with Crippen LogP contribution in [0.2, 0.25) is 0 Å². The molecule has 0 amide bonds. The largest absolute Gasteiger partial charge is 0.496 e. The highest BCUT2D eigenvalue weighted by molar-refractivity contribution is 7.10. The van der Waals surface area contributed by atoms with Crippen LogP contribution in [0.4, 0.5) is 0 Å². The number of aromatic nitrogens is 1. The van der Waals surface area contributed by atoms with Crippen LogP contribution in [0.5, 0.6) is 5.75 Å². The molecule has 0 aliphatic rings. The number of hydrogen-bond acceptors (Lipinski definition) is 5. The molecule has 17 heavy (non-hydrogen) atoms. The molecule has 0 spiro atoms. The van der Waals surface area contributed by atoms with Gasteiger partial charge in [0.15, 0.2) is 0 Å². The number of ether oxygens (including phenoxy) is 1. The van der Waals surface area contributed by atoms with E-state index in [4.69, 9.17) is 4.74 Å². The summed E-state index contributed by atoms with van der Waals surface area (Å²) in [6.45, 7) is 3.08. The summed E-state index contributed by atoms with van der Waals surface area (Å²) in [5, 5.41) is 8.73. The summed E-state index contributed by atoms with van der Waals surface area (Å²) in [7, 11) is 1.70. The number of nitrogens with zero attached hydrogens (tertiary/aromatic N) is 1. The molecule has 1 atom stereocenters. The molecule has 5 heteroatoms. The van der Waals surface area contributed by atoms with E-state index in [1.54, 1.807) is 29.8 Å². The van der Waals surface area contributed by atoms with E-state index in [1.165, 1.54) is 9.88 Å². The fourth-order valence-electron chi connectivity index (χ4n) is 1.67. The smallest absolute Gasteiger partial charge is 0.129 e. The van der Waals surface area contributed by atoms with E-state index in [0.29, 0.717) is 6.04 Å². The summed E-state index contributed by atoms with van der Waals surface area (Å²) in [6, 6.07) is 2.44. The number of hydrogen-bond donors (Lipinski definition) is 1.